The van der Waals surface area contributed by atoms with Crippen molar-refractivity contribution < 1.29 is 8.42 Å². The Morgan fingerprint density at radius 1 is 1.40 bits per heavy atom. The summed E-state index contributed by atoms with van der Waals surface area (Å²) in [6.07, 6.45) is 3.47. The number of hydrogen-bond acceptors (Lipinski definition) is 4. The van der Waals surface area contributed by atoms with Crippen LogP contribution in [0.15, 0.2) is 18.2 Å². The Bertz CT molecular complexity index is 578. The molecular weight excluding hydrogens is 316 g/mol. The van der Waals surface area contributed by atoms with Gasteiger partial charge in [-0.15, -0.1) is 0 Å². The standard InChI is InChI=1S/C13H19ClN2O2S2/c1-9-12(4-3-7-19-9)15-10-5-6-13(11(14)8-10)16-20(2,17)18/h5-6,8-9,12,15-16H,3-4,7H2,1-2H3. The van der Waals surface area contributed by atoms with Crippen LogP contribution in [0, 0.1) is 0 Å². The summed E-state index contributed by atoms with van der Waals surface area (Å²) in [5, 5.41) is 4.44. The van der Waals surface area contributed by atoms with Crippen molar-refractivity contribution in [1.29, 1.82) is 0 Å². The molecule has 2 atom stereocenters. The molecule has 0 aromatic heterocycles. The molecule has 2 rings (SSSR count). The van der Waals surface area contributed by atoms with E-state index in [2.05, 4.69) is 17.0 Å². The van der Waals surface area contributed by atoms with E-state index >= 15 is 0 Å². The van der Waals surface area contributed by atoms with Crippen molar-refractivity contribution in [2.24, 2.45) is 0 Å². The summed E-state index contributed by atoms with van der Waals surface area (Å²) in [7, 11) is -3.31. The first-order chi connectivity index (χ1) is 9.35. The lowest BCUT2D eigenvalue weighted by atomic mass is 10.1. The minimum atomic E-state index is -3.31. The summed E-state index contributed by atoms with van der Waals surface area (Å²) in [6.45, 7) is 2.22. The molecule has 0 saturated carbocycles. The summed E-state index contributed by atoms with van der Waals surface area (Å²) < 4.78 is 24.8. The van der Waals surface area contributed by atoms with Crippen LogP contribution in [0.5, 0.6) is 0 Å². The molecule has 112 valence electrons. The largest absolute Gasteiger partial charge is 0.381 e. The molecule has 0 bridgehead atoms. The molecule has 1 fully saturated rings. The van der Waals surface area contributed by atoms with Crippen molar-refractivity contribution in [2.75, 3.05) is 22.0 Å². The first-order valence-electron chi connectivity index (χ1n) is 6.50. The molecule has 4 nitrogen and oxygen atoms in total. The topological polar surface area (TPSA) is 58.2 Å². The summed E-state index contributed by atoms with van der Waals surface area (Å²) in [6, 6.07) is 5.73. The van der Waals surface area contributed by atoms with Crippen molar-refractivity contribution in [2.45, 2.75) is 31.1 Å². The fourth-order valence-electron chi connectivity index (χ4n) is 2.21. The van der Waals surface area contributed by atoms with Crippen LogP contribution in [0.25, 0.3) is 0 Å². The Kier molecular flexibility index (Phi) is 5.09. The van der Waals surface area contributed by atoms with Crippen LogP contribution in [0.2, 0.25) is 5.02 Å². The summed E-state index contributed by atoms with van der Waals surface area (Å²) in [4.78, 5) is 0. The summed E-state index contributed by atoms with van der Waals surface area (Å²) in [5.41, 5.74) is 1.33. The monoisotopic (exact) mass is 334 g/mol. The summed E-state index contributed by atoms with van der Waals surface area (Å²) >= 11 is 8.09. The highest BCUT2D eigenvalue weighted by molar-refractivity contribution is 8.00. The highest BCUT2D eigenvalue weighted by Gasteiger charge is 2.21. The Morgan fingerprint density at radius 3 is 2.75 bits per heavy atom. The van der Waals surface area contributed by atoms with Gasteiger partial charge in [0.1, 0.15) is 0 Å². The van der Waals surface area contributed by atoms with Crippen molar-refractivity contribution in [1.82, 2.24) is 0 Å². The quantitative estimate of drug-likeness (QED) is 0.886. The van der Waals surface area contributed by atoms with Gasteiger partial charge in [0.05, 0.1) is 17.0 Å². The Hall–Kier alpha value is -0.590. The van der Waals surface area contributed by atoms with Gasteiger partial charge in [-0.25, -0.2) is 8.42 Å². The van der Waals surface area contributed by atoms with Gasteiger partial charge in [-0.05, 0) is 36.8 Å². The van der Waals surface area contributed by atoms with Gasteiger partial charge < -0.3 is 5.32 Å². The third-order valence-corrected chi connectivity index (χ3v) is 5.51. The molecule has 2 unspecified atom stereocenters. The first-order valence-corrected chi connectivity index (χ1v) is 9.82. The highest BCUT2D eigenvalue weighted by Crippen LogP contribution is 2.30. The van der Waals surface area contributed by atoms with Gasteiger partial charge in [0.15, 0.2) is 0 Å². The van der Waals surface area contributed by atoms with Crippen molar-refractivity contribution in [3.05, 3.63) is 23.2 Å². The number of thioether (sulfide) groups is 1. The maximum absolute atomic E-state index is 11.2. The van der Waals surface area contributed by atoms with Crippen LogP contribution >= 0.6 is 23.4 Å². The average molecular weight is 335 g/mol. The zero-order valence-corrected chi connectivity index (χ0v) is 13.9. The predicted octanol–water partition coefficient (Wildman–Crippen LogP) is 3.41. The smallest absolute Gasteiger partial charge is 0.229 e. The zero-order chi connectivity index (χ0) is 14.8. The molecule has 1 saturated heterocycles. The molecule has 0 radical (unpaired) electrons. The second-order valence-electron chi connectivity index (χ2n) is 5.04. The van der Waals surface area contributed by atoms with Crippen LogP contribution in [0.1, 0.15) is 19.8 Å². The first kappa shape index (κ1) is 15.8. The number of hydrogen-bond donors (Lipinski definition) is 2. The predicted molar refractivity (Wildman–Crippen MR) is 88.5 cm³/mol. The number of rotatable bonds is 4. The molecule has 7 heteroatoms. The van der Waals surface area contributed by atoms with Gasteiger partial charge in [-0.3, -0.25) is 4.72 Å². The van der Waals surface area contributed by atoms with Gasteiger partial charge in [0.2, 0.25) is 10.0 Å². The highest BCUT2D eigenvalue weighted by atomic mass is 35.5. The van der Waals surface area contributed by atoms with Gasteiger partial charge in [0, 0.05) is 17.0 Å². The van der Waals surface area contributed by atoms with Crippen LogP contribution < -0.4 is 10.0 Å². The lowest BCUT2D eigenvalue weighted by Gasteiger charge is -2.30. The third kappa shape index (κ3) is 4.46. The molecule has 1 heterocycles. The minimum absolute atomic E-state index is 0.400. The van der Waals surface area contributed by atoms with E-state index in [1.165, 1.54) is 12.2 Å². The van der Waals surface area contributed by atoms with Gasteiger partial charge >= 0.3 is 0 Å². The zero-order valence-electron chi connectivity index (χ0n) is 11.5. The Balaban J connectivity index is 2.08. The fraction of sp³-hybridized carbons (Fsp3) is 0.538. The molecule has 0 aliphatic carbocycles. The van der Waals surface area contributed by atoms with E-state index in [9.17, 15) is 8.42 Å². The van der Waals surface area contributed by atoms with Gasteiger partial charge in [-0.2, -0.15) is 11.8 Å². The number of anilines is 2. The van der Waals surface area contributed by atoms with E-state index in [1.54, 1.807) is 12.1 Å². The van der Waals surface area contributed by atoms with Crippen molar-refractivity contribution in [3.63, 3.8) is 0 Å². The number of benzene rings is 1. The van der Waals surface area contributed by atoms with Crippen LogP contribution in [-0.2, 0) is 10.0 Å². The molecule has 1 aromatic rings. The van der Waals surface area contributed by atoms with E-state index in [-0.39, 0.29) is 0 Å². The van der Waals surface area contributed by atoms with Crippen molar-refractivity contribution >= 4 is 44.8 Å². The van der Waals surface area contributed by atoms with Crippen molar-refractivity contribution in [3.8, 4) is 0 Å². The maximum Gasteiger partial charge on any atom is 0.229 e. The van der Waals surface area contributed by atoms with E-state index < -0.39 is 10.0 Å². The molecule has 1 aliphatic heterocycles. The number of nitrogens with one attached hydrogen (secondary N) is 2. The molecule has 1 aromatic carbocycles. The number of halogens is 1. The van der Waals surface area contributed by atoms with Crippen LogP contribution in [-0.4, -0.2) is 31.7 Å². The van der Waals surface area contributed by atoms with Gasteiger partial charge in [0.25, 0.3) is 0 Å². The van der Waals surface area contributed by atoms with Gasteiger partial charge in [-0.1, -0.05) is 18.5 Å². The molecule has 2 N–H and O–H groups in total. The third-order valence-electron chi connectivity index (χ3n) is 3.22. The van der Waals surface area contributed by atoms with Crippen LogP contribution in [0.4, 0.5) is 11.4 Å². The van der Waals surface area contributed by atoms with E-state index in [0.717, 1.165) is 18.4 Å². The molecule has 1 aliphatic rings. The van der Waals surface area contributed by atoms with E-state index in [0.29, 0.717) is 22.0 Å². The SMILES string of the molecule is CC1SCCCC1Nc1ccc(NS(C)(=O)=O)c(Cl)c1. The lowest BCUT2D eigenvalue weighted by Crippen LogP contribution is -2.32. The molecule has 0 amide bonds. The molecule has 20 heavy (non-hydrogen) atoms. The van der Waals surface area contributed by atoms with E-state index in [4.69, 9.17) is 11.6 Å². The molecular formula is C13H19ClN2O2S2. The number of sulfonamides is 1. The fourth-order valence-corrected chi connectivity index (χ4v) is 4.22. The second kappa shape index (κ2) is 6.45. The Labute approximate surface area is 129 Å². The summed E-state index contributed by atoms with van der Waals surface area (Å²) in [5.74, 6) is 1.22. The minimum Gasteiger partial charge on any atom is -0.381 e. The lowest BCUT2D eigenvalue weighted by molar-refractivity contribution is 0.607. The second-order valence-corrected chi connectivity index (χ2v) is 8.68. The average Bonchev–Trinajstić information content (AvgIpc) is 2.34. The normalized spacial score (nSPS) is 23.4. The molecule has 0 spiro atoms. The maximum atomic E-state index is 11.2. The Morgan fingerprint density at radius 2 is 2.15 bits per heavy atom. The van der Waals surface area contributed by atoms with Crippen LogP contribution in [0.3, 0.4) is 0 Å². The van der Waals surface area contributed by atoms with E-state index in [1.807, 2.05) is 17.8 Å².